The van der Waals surface area contributed by atoms with Crippen LogP contribution in [-0.2, 0) is 6.54 Å². The van der Waals surface area contributed by atoms with Gasteiger partial charge in [0.2, 0.25) is 0 Å². The maximum atomic E-state index is 13.4. The molecule has 0 aromatic heterocycles. The fourth-order valence-electron chi connectivity index (χ4n) is 3.95. The number of amides is 3. The Morgan fingerprint density at radius 3 is 2.26 bits per heavy atom. The van der Waals surface area contributed by atoms with E-state index in [9.17, 15) is 14.0 Å². The standard InChI is InChI=1S/C26H26ClFN4O2/c27-22-16-20(9-11-23(22)28)31-26(34)30-19-10-12-24(32-13-5-2-6-14-32)21(15-19)25(33)29-17-18-7-3-1-4-8-18/h1,3-4,7-12,15-16H,2,5-6,13-14,17H2,(H,29,33)(H2,30,31,34). The fraction of sp³-hybridized carbons (Fsp3) is 0.231. The lowest BCUT2D eigenvalue weighted by Crippen LogP contribution is -2.33. The molecule has 8 heteroatoms. The van der Waals surface area contributed by atoms with E-state index in [1.54, 1.807) is 12.1 Å². The van der Waals surface area contributed by atoms with Crippen molar-refractivity contribution in [2.24, 2.45) is 0 Å². The number of anilines is 3. The third kappa shape index (κ3) is 6.05. The first-order chi connectivity index (χ1) is 16.5. The average molecular weight is 481 g/mol. The molecule has 176 valence electrons. The molecule has 1 heterocycles. The Hall–Kier alpha value is -3.58. The van der Waals surface area contributed by atoms with Crippen molar-refractivity contribution in [3.05, 3.63) is 88.7 Å². The van der Waals surface area contributed by atoms with E-state index in [-0.39, 0.29) is 10.9 Å². The highest BCUT2D eigenvalue weighted by atomic mass is 35.5. The first-order valence-corrected chi connectivity index (χ1v) is 11.6. The molecule has 4 rings (SSSR count). The van der Waals surface area contributed by atoms with Gasteiger partial charge >= 0.3 is 6.03 Å². The zero-order valence-electron chi connectivity index (χ0n) is 18.6. The maximum absolute atomic E-state index is 13.4. The minimum absolute atomic E-state index is 0.0824. The molecule has 0 unspecified atom stereocenters. The lowest BCUT2D eigenvalue weighted by atomic mass is 10.1. The van der Waals surface area contributed by atoms with Gasteiger partial charge in [0.1, 0.15) is 5.82 Å². The smallest absolute Gasteiger partial charge is 0.323 e. The molecule has 1 saturated heterocycles. The van der Waals surface area contributed by atoms with Gasteiger partial charge in [-0.2, -0.15) is 0 Å². The minimum atomic E-state index is -0.563. The summed E-state index contributed by atoms with van der Waals surface area (Å²) >= 11 is 5.78. The molecule has 3 aromatic rings. The first kappa shape index (κ1) is 23.6. The third-order valence-electron chi connectivity index (χ3n) is 5.67. The number of carbonyl (C=O) groups is 2. The van der Waals surface area contributed by atoms with Gasteiger partial charge in [0.25, 0.3) is 5.91 Å². The molecule has 3 N–H and O–H groups in total. The van der Waals surface area contributed by atoms with Crippen LogP contribution in [0.2, 0.25) is 5.02 Å². The van der Waals surface area contributed by atoms with Gasteiger partial charge in [-0.05, 0) is 61.2 Å². The molecule has 3 amide bonds. The number of urea groups is 1. The molecular formula is C26H26ClFN4O2. The molecule has 0 spiro atoms. The van der Waals surface area contributed by atoms with Crippen molar-refractivity contribution in [3.63, 3.8) is 0 Å². The lowest BCUT2D eigenvalue weighted by molar-refractivity contribution is 0.0951. The monoisotopic (exact) mass is 480 g/mol. The fourth-order valence-corrected chi connectivity index (χ4v) is 4.13. The average Bonchev–Trinajstić information content (AvgIpc) is 2.86. The van der Waals surface area contributed by atoms with Crippen molar-refractivity contribution in [2.45, 2.75) is 25.8 Å². The SMILES string of the molecule is O=C(Nc1ccc(F)c(Cl)c1)Nc1ccc(N2CCCCC2)c(C(=O)NCc2ccccc2)c1. The van der Waals surface area contributed by atoms with Crippen molar-refractivity contribution in [1.29, 1.82) is 0 Å². The molecular weight excluding hydrogens is 455 g/mol. The second-order valence-corrected chi connectivity index (χ2v) is 8.56. The van der Waals surface area contributed by atoms with Crippen LogP contribution in [0.5, 0.6) is 0 Å². The van der Waals surface area contributed by atoms with E-state index in [2.05, 4.69) is 20.9 Å². The molecule has 1 aliphatic heterocycles. The van der Waals surface area contributed by atoms with Crippen LogP contribution in [0.25, 0.3) is 0 Å². The topological polar surface area (TPSA) is 73.5 Å². The van der Waals surface area contributed by atoms with Gasteiger partial charge in [-0.3, -0.25) is 4.79 Å². The number of rotatable bonds is 6. The van der Waals surface area contributed by atoms with Gasteiger partial charge < -0.3 is 20.9 Å². The van der Waals surface area contributed by atoms with Crippen molar-refractivity contribution in [1.82, 2.24) is 5.32 Å². The quantitative estimate of drug-likeness (QED) is 0.402. The van der Waals surface area contributed by atoms with E-state index in [4.69, 9.17) is 11.6 Å². The van der Waals surface area contributed by atoms with Crippen LogP contribution in [0.1, 0.15) is 35.2 Å². The zero-order valence-corrected chi connectivity index (χ0v) is 19.4. The molecule has 0 saturated carbocycles. The summed E-state index contributed by atoms with van der Waals surface area (Å²) in [7, 11) is 0. The van der Waals surface area contributed by atoms with Gasteiger partial charge in [0.05, 0.1) is 10.6 Å². The Morgan fingerprint density at radius 1 is 0.882 bits per heavy atom. The summed E-state index contributed by atoms with van der Waals surface area (Å²) in [6.07, 6.45) is 3.33. The summed E-state index contributed by atoms with van der Waals surface area (Å²) in [5.74, 6) is -0.772. The number of nitrogens with zero attached hydrogens (tertiary/aromatic N) is 1. The zero-order chi connectivity index (χ0) is 23.9. The van der Waals surface area contributed by atoms with Crippen LogP contribution in [0.4, 0.5) is 26.2 Å². The Morgan fingerprint density at radius 2 is 1.56 bits per heavy atom. The number of hydrogen-bond acceptors (Lipinski definition) is 3. The number of carbonyl (C=O) groups excluding carboxylic acids is 2. The van der Waals surface area contributed by atoms with Gasteiger partial charge in [-0.15, -0.1) is 0 Å². The second-order valence-electron chi connectivity index (χ2n) is 8.16. The van der Waals surface area contributed by atoms with Crippen LogP contribution >= 0.6 is 11.6 Å². The van der Waals surface area contributed by atoms with Gasteiger partial charge in [0.15, 0.2) is 0 Å². The summed E-state index contributed by atoms with van der Waals surface area (Å²) in [6, 6.07) is 18.4. The van der Waals surface area contributed by atoms with Crippen LogP contribution in [0, 0.1) is 5.82 Å². The molecule has 34 heavy (non-hydrogen) atoms. The normalized spacial score (nSPS) is 13.3. The number of nitrogens with one attached hydrogen (secondary N) is 3. The summed E-state index contributed by atoms with van der Waals surface area (Å²) in [5.41, 5.74) is 3.18. The van der Waals surface area contributed by atoms with Gasteiger partial charge in [0, 0.05) is 36.7 Å². The van der Waals surface area contributed by atoms with E-state index in [0.717, 1.165) is 37.2 Å². The van der Waals surface area contributed by atoms with Gasteiger partial charge in [-0.25, -0.2) is 9.18 Å². The van der Waals surface area contributed by atoms with E-state index in [1.165, 1.54) is 24.6 Å². The van der Waals surface area contributed by atoms with Crippen LogP contribution in [0.15, 0.2) is 66.7 Å². The Labute approximate surface area is 203 Å². The number of hydrogen-bond donors (Lipinski definition) is 3. The molecule has 3 aromatic carbocycles. The summed E-state index contributed by atoms with van der Waals surface area (Å²) < 4.78 is 13.4. The molecule has 0 radical (unpaired) electrons. The van der Waals surface area contributed by atoms with Crippen LogP contribution in [0.3, 0.4) is 0 Å². The van der Waals surface area contributed by atoms with E-state index >= 15 is 0 Å². The second kappa shape index (κ2) is 11.0. The summed E-state index contributed by atoms with van der Waals surface area (Å²) in [4.78, 5) is 27.9. The Bertz CT molecular complexity index is 1170. The van der Waals surface area contributed by atoms with E-state index < -0.39 is 11.8 Å². The first-order valence-electron chi connectivity index (χ1n) is 11.2. The van der Waals surface area contributed by atoms with Crippen molar-refractivity contribution < 1.29 is 14.0 Å². The largest absolute Gasteiger partial charge is 0.371 e. The Kier molecular flexibility index (Phi) is 7.65. The van der Waals surface area contributed by atoms with Gasteiger partial charge in [-0.1, -0.05) is 41.9 Å². The molecule has 1 aliphatic rings. The van der Waals surface area contributed by atoms with Crippen LogP contribution in [-0.4, -0.2) is 25.0 Å². The highest BCUT2D eigenvalue weighted by Crippen LogP contribution is 2.28. The van der Waals surface area contributed by atoms with E-state index in [1.807, 2.05) is 36.4 Å². The van der Waals surface area contributed by atoms with E-state index in [0.29, 0.717) is 23.5 Å². The highest BCUT2D eigenvalue weighted by Gasteiger charge is 2.20. The molecule has 0 bridgehead atoms. The van der Waals surface area contributed by atoms with Crippen molar-refractivity contribution in [2.75, 3.05) is 28.6 Å². The van der Waals surface area contributed by atoms with Crippen molar-refractivity contribution >= 4 is 40.6 Å². The predicted molar refractivity (Wildman–Crippen MR) is 134 cm³/mol. The maximum Gasteiger partial charge on any atom is 0.323 e. The third-order valence-corrected chi connectivity index (χ3v) is 5.96. The lowest BCUT2D eigenvalue weighted by Gasteiger charge is -2.30. The number of benzene rings is 3. The Balaban J connectivity index is 1.51. The molecule has 0 aliphatic carbocycles. The van der Waals surface area contributed by atoms with Crippen molar-refractivity contribution in [3.8, 4) is 0 Å². The summed E-state index contributed by atoms with van der Waals surface area (Å²) in [6.45, 7) is 2.18. The van der Waals surface area contributed by atoms with Crippen LogP contribution < -0.4 is 20.9 Å². The number of piperidine rings is 1. The molecule has 0 atom stereocenters. The molecule has 1 fully saturated rings. The molecule has 6 nitrogen and oxygen atoms in total. The predicted octanol–water partition coefficient (Wildman–Crippen LogP) is 6.04. The summed E-state index contributed by atoms with van der Waals surface area (Å²) in [5, 5.41) is 8.26. The highest BCUT2D eigenvalue weighted by molar-refractivity contribution is 6.31. The number of halogens is 2. The minimum Gasteiger partial charge on any atom is -0.371 e.